The zero-order chi connectivity index (χ0) is 22.9. The predicted molar refractivity (Wildman–Crippen MR) is 130 cm³/mol. The molecule has 0 unspecified atom stereocenters. The van der Waals surface area contributed by atoms with Crippen LogP contribution in [0, 0.1) is 0 Å². The van der Waals surface area contributed by atoms with Gasteiger partial charge in [0.05, 0.1) is 34.3 Å². The summed E-state index contributed by atoms with van der Waals surface area (Å²) in [5.74, 6) is 0.378. The quantitative estimate of drug-likeness (QED) is 0.448. The van der Waals surface area contributed by atoms with Gasteiger partial charge in [0.1, 0.15) is 0 Å². The van der Waals surface area contributed by atoms with E-state index in [1.165, 1.54) is 34.9 Å². The normalized spacial score (nSPS) is 16.7. The summed E-state index contributed by atoms with van der Waals surface area (Å²) in [4.78, 5) is 25.8. The maximum Gasteiger partial charge on any atom is 0.230 e. The Labute approximate surface area is 209 Å². The summed E-state index contributed by atoms with van der Waals surface area (Å²) in [6.07, 6.45) is -0.0743. The van der Waals surface area contributed by atoms with Gasteiger partial charge in [-0.15, -0.1) is 10.2 Å². The van der Waals surface area contributed by atoms with Crippen molar-refractivity contribution in [3.8, 4) is 0 Å². The van der Waals surface area contributed by atoms with E-state index in [-0.39, 0.29) is 23.7 Å². The third-order valence-corrected chi connectivity index (χ3v) is 8.39. The van der Waals surface area contributed by atoms with Crippen LogP contribution in [0.2, 0.25) is 10.0 Å². The number of carbonyl (C=O) groups excluding carboxylic acids is 2. The van der Waals surface area contributed by atoms with E-state index in [2.05, 4.69) is 25.7 Å². The highest BCUT2D eigenvalue weighted by Gasteiger charge is 2.21. The molecule has 2 N–H and O–H groups in total. The summed E-state index contributed by atoms with van der Waals surface area (Å²) in [6.45, 7) is 3.34. The van der Waals surface area contributed by atoms with Gasteiger partial charge in [0.25, 0.3) is 0 Å². The number of hydrogen-bond donors (Lipinski definition) is 2. The first-order chi connectivity index (χ1) is 15.4. The molecule has 2 amide bonds. The van der Waals surface area contributed by atoms with Crippen molar-refractivity contribution in [3.05, 3.63) is 33.8 Å². The number of ether oxygens (including phenoxy) is 1. The fraction of sp³-hybridized carbons (Fsp3) is 0.474. The third kappa shape index (κ3) is 8.36. The number of amides is 2. The molecule has 1 atom stereocenters. The van der Waals surface area contributed by atoms with Crippen LogP contribution in [0.25, 0.3) is 0 Å². The Kier molecular flexibility index (Phi) is 10.4. The number of halogens is 2. The number of aromatic nitrogens is 2. The SMILES string of the molecule is CNC(=O)CSc1nnc(SCC(=O)NC[C@H]2CN(Cc3ccc(Cl)c(Cl)c3)CCO2)s1. The summed E-state index contributed by atoms with van der Waals surface area (Å²) < 4.78 is 7.19. The Bertz CT molecular complexity index is 933. The molecule has 2 heterocycles. The third-order valence-electron chi connectivity index (χ3n) is 4.46. The van der Waals surface area contributed by atoms with E-state index in [0.717, 1.165) is 25.2 Å². The molecule has 8 nitrogen and oxygen atoms in total. The number of morpholine rings is 1. The minimum absolute atomic E-state index is 0.0701. The van der Waals surface area contributed by atoms with Gasteiger partial charge in [-0.1, -0.05) is 64.1 Å². The Balaban J connectivity index is 1.36. The topological polar surface area (TPSA) is 96.5 Å². The molecule has 13 heteroatoms. The second-order valence-electron chi connectivity index (χ2n) is 6.86. The monoisotopic (exact) mass is 535 g/mol. The van der Waals surface area contributed by atoms with Gasteiger partial charge in [-0.05, 0) is 17.7 Å². The van der Waals surface area contributed by atoms with Crippen molar-refractivity contribution >= 4 is 69.9 Å². The van der Waals surface area contributed by atoms with E-state index in [1.807, 2.05) is 12.1 Å². The molecule has 0 bridgehead atoms. The predicted octanol–water partition coefficient (Wildman–Crippen LogP) is 2.79. The van der Waals surface area contributed by atoms with Gasteiger partial charge in [0, 0.05) is 33.2 Å². The average molecular weight is 537 g/mol. The number of nitrogens with one attached hydrogen (secondary N) is 2. The van der Waals surface area contributed by atoms with Gasteiger partial charge in [-0.2, -0.15) is 0 Å². The molecule has 1 aromatic carbocycles. The van der Waals surface area contributed by atoms with Crippen LogP contribution >= 0.6 is 58.1 Å². The smallest absolute Gasteiger partial charge is 0.230 e. The van der Waals surface area contributed by atoms with Gasteiger partial charge in [-0.3, -0.25) is 14.5 Å². The van der Waals surface area contributed by atoms with Crippen LogP contribution in [0.3, 0.4) is 0 Å². The highest BCUT2D eigenvalue weighted by atomic mass is 35.5. The summed E-state index contributed by atoms with van der Waals surface area (Å²) in [7, 11) is 1.59. The molecule has 1 fully saturated rings. The number of thioether (sulfide) groups is 2. The van der Waals surface area contributed by atoms with Gasteiger partial charge >= 0.3 is 0 Å². The van der Waals surface area contributed by atoms with Gasteiger partial charge in [-0.25, -0.2) is 0 Å². The lowest BCUT2D eigenvalue weighted by molar-refractivity contribution is -0.120. The Hall–Kier alpha value is -1.08. The molecule has 0 radical (unpaired) electrons. The van der Waals surface area contributed by atoms with Crippen LogP contribution in [-0.4, -0.2) is 77.8 Å². The van der Waals surface area contributed by atoms with E-state index in [1.54, 1.807) is 13.1 Å². The maximum absolute atomic E-state index is 12.2. The van der Waals surface area contributed by atoms with Crippen LogP contribution in [0.15, 0.2) is 26.9 Å². The van der Waals surface area contributed by atoms with E-state index < -0.39 is 0 Å². The summed E-state index contributed by atoms with van der Waals surface area (Å²) in [6, 6.07) is 5.65. The summed E-state index contributed by atoms with van der Waals surface area (Å²) in [5, 5.41) is 14.7. The van der Waals surface area contributed by atoms with Gasteiger partial charge in [0.2, 0.25) is 11.8 Å². The molecule has 0 saturated carbocycles. The van der Waals surface area contributed by atoms with E-state index >= 15 is 0 Å². The van der Waals surface area contributed by atoms with Crippen LogP contribution in [0.1, 0.15) is 5.56 Å². The minimum atomic E-state index is -0.0880. The highest BCUT2D eigenvalue weighted by Crippen LogP contribution is 2.28. The molecule has 2 aromatic rings. The van der Waals surface area contributed by atoms with Gasteiger partial charge < -0.3 is 15.4 Å². The lowest BCUT2D eigenvalue weighted by atomic mass is 10.2. The molecule has 0 aliphatic carbocycles. The van der Waals surface area contributed by atoms with Crippen molar-refractivity contribution < 1.29 is 14.3 Å². The van der Waals surface area contributed by atoms with Crippen molar-refractivity contribution in [1.29, 1.82) is 0 Å². The van der Waals surface area contributed by atoms with Crippen molar-refractivity contribution in [2.24, 2.45) is 0 Å². The van der Waals surface area contributed by atoms with Crippen LogP contribution < -0.4 is 10.6 Å². The first-order valence-corrected chi connectivity index (χ1v) is 13.3. The maximum atomic E-state index is 12.2. The first kappa shape index (κ1) is 25.5. The molecule has 1 saturated heterocycles. The molecule has 1 aromatic heterocycles. The van der Waals surface area contributed by atoms with Crippen LogP contribution in [0.4, 0.5) is 0 Å². The Morgan fingerprint density at radius 1 is 1.19 bits per heavy atom. The highest BCUT2D eigenvalue weighted by molar-refractivity contribution is 8.03. The number of nitrogens with zero attached hydrogens (tertiary/aromatic N) is 3. The summed E-state index contributed by atoms with van der Waals surface area (Å²) >= 11 is 16.1. The molecule has 1 aliphatic rings. The molecule has 174 valence electrons. The number of rotatable bonds is 10. The summed E-state index contributed by atoms with van der Waals surface area (Å²) in [5.41, 5.74) is 1.09. The van der Waals surface area contributed by atoms with E-state index in [9.17, 15) is 9.59 Å². The Morgan fingerprint density at radius 2 is 1.91 bits per heavy atom. The minimum Gasteiger partial charge on any atom is -0.374 e. The lowest BCUT2D eigenvalue weighted by Gasteiger charge is -2.33. The molecular weight excluding hydrogens is 513 g/mol. The molecule has 32 heavy (non-hydrogen) atoms. The Morgan fingerprint density at radius 3 is 2.59 bits per heavy atom. The number of carbonyl (C=O) groups is 2. The first-order valence-electron chi connectivity index (χ1n) is 9.77. The lowest BCUT2D eigenvalue weighted by Crippen LogP contribution is -2.47. The molecular formula is C19H23Cl2N5O3S3. The fourth-order valence-electron chi connectivity index (χ4n) is 2.86. The molecule has 1 aliphatic heterocycles. The van der Waals surface area contributed by atoms with Crippen LogP contribution in [0.5, 0.6) is 0 Å². The van der Waals surface area contributed by atoms with Crippen molar-refractivity contribution in [2.75, 3.05) is 44.8 Å². The standard InChI is InChI=1S/C19H23Cl2N5O3S3/c1-22-16(27)10-30-18-24-25-19(32-18)31-11-17(28)23-7-13-9-26(4-5-29-13)8-12-2-3-14(20)15(21)6-12/h2-3,6,13H,4-5,7-11H2,1H3,(H,22,27)(H,23,28)/t13-/m0/s1. The zero-order valence-corrected chi connectivity index (χ0v) is 21.3. The van der Waals surface area contributed by atoms with Crippen molar-refractivity contribution in [1.82, 2.24) is 25.7 Å². The second-order valence-corrected chi connectivity index (χ2v) is 11.1. The van der Waals surface area contributed by atoms with Crippen molar-refractivity contribution in [3.63, 3.8) is 0 Å². The fourth-order valence-corrected chi connectivity index (χ4v) is 5.91. The second kappa shape index (κ2) is 13.0. The zero-order valence-electron chi connectivity index (χ0n) is 17.3. The largest absolute Gasteiger partial charge is 0.374 e. The number of hydrogen-bond acceptors (Lipinski definition) is 9. The number of benzene rings is 1. The van der Waals surface area contributed by atoms with E-state index in [0.29, 0.717) is 37.6 Å². The average Bonchev–Trinajstić information content (AvgIpc) is 3.25. The molecule has 3 rings (SSSR count). The molecule has 0 spiro atoms. The van der Waals surface area contributed by atoms with Gasteiger partial charge in [0.15, 0.2) is 8.68 Å². The van der Waals surface area contributed by atoms with Crippen molar-refractivity contribution in [2.45, 2.75) is 21.3 Å². The van der Waals surface area contributed by atoms with Crippen LogP contribution in [-0.2, 0) is 20.9 Å². The van der Waals surface area contributed by atoms with E-state index in [4.69, 9.17) is 27.9 Å².